The third-order valence-corrected chi connectivity index (χ3v) is 2.33. The van der Waals surface area contributed by atoms with Crippen molar-refractivity contribution in [3.05, 3.63) is 12.2 Å². The summed E-state index contributed by atoms with van der Waals surface area (Å²) < 4.78 is 9.55. The monoisotopic (exact) mass is 299 g/mol. The van der Waals surface area contributed by atoms with E-state index in [1.165, 1.54) is 7.11 Å². The Hall–Kier alpha value is -1.85. The van der Waals surface area contributed by atoms with Crippen LogP contribution in [-0.2, 0) is 19.1 Å². The molecule has 6 nitrogen and oxygen atoms in total. The van der Waals surface area contributed by atoms with Gasteiger partial charge in [-0.25, -0.2) is 9.59 Å². The second-order valence-corrected chi connectivity index (χ2v) is 6.09. The standard InChI is InChI=1S/C15H25NO5/c1-10(2)9-11(12(17)7-8-13(18)20-6)16-14(19)21-15(3,4)5/h7-8,10-11H,9H2,1-6H3,(H,16,19)/b8-7-/t11-/m0/s1. The lowest BCUT2D eigenvalue weighted by atomic mass is 10.00. The molecular weight excluding hydrogens is 274 g/mol. The highest BCUT2D eigenvalue weighted by Gasteiger charge is 2.23. The maximum absolute atomic E-state index is 12.0. The van der Waals surface area contributed by atoms with Gasteiger partial charge in [-0.2, -0.15) is 0 Å². The van der Waals surface area contributed by atoms with Crippen LogP contribution in [0.3, 0.4) is 0 Å². The summed E-state index contributed by atoms with van der Waals surface area (Å²) in [4.78, 5) is 34.8. The third kappa shape index (κ3) is 9.65. The lowest BCUT2D eigenvalue weighted by Crippen LogP contribution is -2.43. The zero-order valence-electron chi connectivity index (χ0n) is 13.6. The Bertz CT molecular complexity index is 407. The molecule has 0 aliphatic heterocycles. The second-order valence-electron chi connectivity index (χ2n) is 6.09. The predicted octanol–water partition coefficient (Wildman–Crippen LogP) is 2.22. The first-order valence-electron chi connectivity index (χ1n) is 6.84. The molecule has 0 rings (SSSR count). The molecule has 1 amide bonds. The molecule has 0 radical (unpaired) electrons. The van der Waals surface area contributed by atoms with Gasteiger partial charge in [0.25, 0.3) is 0 Å². The smallest absolute Gasteiger partial charge is 0.408 e. The van der Waals surface area contributed by atoms with Crippen molar-refractivity contribution >= 4 is 17.8 Å². The highest BCUT2D eigenvalue weighted by molar-refractivity contribution is 6.00. The zero-order chi connectivity index (χ0) is 16.6. The second kappa shape index (κ2) is 8.44. The summed E-state index contributed by atoms with van der Waals surface area (Å²) in [5, 5.41) is 2.53. The Morgan fingerprint density at radius 1 is 1.14 bits per heavy atom. The van der Waals surface area contributed by atoms with Gasteiger partial charge in [-0.3, -0.25) is 4.79 Å². The van der Waals surface area contributed by atoms with Crippen LogP contribution in [-0.4, -0.2) is 36.6 Å². The predicted molar refractivity (Wildman–Crippen MR) is 78.8 cm³/mol. The van der Waals surface area contributed by atoms with Crippen molar-refractivity contribution in [1.82, 2.24) is 5.32 Å². The SMILES string of the molecule is COC(=O)/C=C\C(=O)[C@H](CC(C)C)NC(=O)OC(C)(C)C. The number of carbonyl (C=O) groups excluding carboxylic acids is 3. The summed E-state index contributed by atoms with van der Waals surface area (Å²) in [6.45, 7) is 9.08. The van der Waals surface area contributed by atoms with Crippen LogP contribution in [0.1, 0.15) is 41.0 Å². The van der Waals surface area contributed by atoms with E-state index in [1.54, 1.807) is 20.8 Å². The van der Waals surface area contributed by atoms with E-state index in [4.69, 9.17) is 4.74 Å². The lowest BCUT2D eigenvalue weighted by molar-refractivity contribution is -0.135. The van der Waals surface area contributed by atoms with Crippen molar-refractivity contribution in [1.29, 1.82) is 0 Å². The number of methoxy groups -OCH3 is 1. The number of hydrogen-bond acceptors (Lipinski definition) is 5. The van der Waals surface area contributed by atoms with Gasteiger partial charge in [0, 0.05) is 6.08 Å². The van der Waals surface area contributed by atoms with Crippen LogP contribution >= 0.6 is 0 Å². The molecule has 21 heavy (non-hydrogen) atoms. The molecule has 0 aromatic heterocycles. The fourth-order valence-corrected chi connectivity index (χ4v) is 1.50. The van der Waals surface area contributed by atoms with Gasteiger partial charge >= 0.3 is 12.1 Å². The number of esters is 1. The number of ketones is 1. The van der Waals surface area contributed by atoms with E-state index in [2.05, 4.69) is 10.1 Å². The molecule has 6 heteroatoms. The van der Waals surface area contributed by atoms with Crippen LogP contribution < -0.4 is 5.32 Å². The van der Waals surface area contributed by atoms with Crippen molar-refractivity contribution in [2.24, 2.45) is 5.92 Å². The summed E-state index contributed by atoms with van der Waals surface area (Å²) in [5.74, 6) is -0.802. The summed E-state index contributed by atoms with van der Waals surface area (Å²) in [6, 6.07) is -0.735. The van der Waals surface area contributed by atoms with Crippen molar-refractivity contribution in [2.75, 3.05) is 7.11 Å². The minimum Gasteiger partial charge on any atom is -0.466 e. The highest BCUT2D eigenvalue weighted by Crippen LogP contribution is 2.10. The average Bonchev–Trinajstić information content (AvgIpc) is 2.31. The average molecular weight is 299 g/mol. The quantitative estimate of drug-likeness (QED) is 0.601. The number of hydrogen-bond donors (Lipinski definition) is 1. The lowest BCUT2D eigenvalue weighted by Gasteiger charge is -2.23. The van der Waals surface area contributed by atoms with Gasteiger partial charge in [-0.05, 0) is 39.2 Å². The van der Waals surface area contributed by atoms with Gasteiger partial charge in [0.1, 0.15) is 5.60 Å². The molecule has 120 valence electrons. The fraction of sp³-hybridized carbons (Fsp3) is 0.667. The Kier molecular flexibility index (Phi) is 7.70. The molecule has 0 aromatic rings. The Morgan fingerprint density at radius 3 is 2.14 bits per heavy atom. The molecule has 1 atom stereocenters. The van der Waals surface area contributed by atoms with Crippen LogP contribution in [0, 0.1) is 5.92 Å². The minimum atomic E-state index is -0.735. The molecule has 0 bridgehead atoms. The highest BCUT2D eigenvalue weighted by atomic mass is 16.6. The van der Waals surface area contributed by atoms with Gasteiger partial charge in [0.2, 0.25) is 0 Å². The van der Waals surface area contributed by atoms with Crippen LogP contribution in [0.4, 0.5) is 4.79 Å². The topological polar surface area (TPSA) is 81.7 Å². The van der Waals surface area contributed by atoms with Crippen LogP contribution in [0.5, 0.6) is 0 Å². The maximum atomic E-state index is 12.0. The number of amides is 1. The molecule has 0 aliphatic rings. The molecule has 0 saturated heterocycles. The summed E-state index contributed by atoms with van der Waals surface area (Å²) in [5.41, 5.74) is -0.642. The molecule has 0 spiro atoms. The number of rotatable bonds is 6. The normalized spacial score (nSPS) is 13.1. The zero-order valence-corrected chi connectivity index (χ0v) is 13.6. The molecule has 0 unspecified atom stereocenters. The van der Waals surface area contributed by atoms with Crippen LogP contribution in [0.2, 0.25) is 0 Å². The van der Waals surface area contributed by atoms with Crippen molar-refractivity contribution < 1.29 is 23.9 Å². The number of nitrogens with one attached hydrogen (secondary N) is 1. The first kappa shape index (κ1) is 19.1. The molecule has 1 N–H and O–H groups in total. The van der Waals surface area contributed by atoms with E-state index in [1.807, 2.05) is 13.8 Å². The van der Waals surface area contributed by atoms with Crippen LogP contribution in [0.25, 0.3) is 0 Å². The first-order chi connectivity index (χ1) is 9.55. The molecular formula is C15H25NO5. The largest absolute Gasteiger partial charge is 0.466 e. The molecule has 0 aliphatic carbocycles. The Labute approximate surface area is 125 Å². The van der Waals surface area contributed by atoms with Crippen LogP contribution in [0.15, 0.2) is 12.2 Å². The van der Waals surface area contributed by atoms with Crippen molar-refractivity contribution in [3.8, 4) is 0 Å². The van der Waals surface area contributed by atoms with Gasteiger partial charge < -0.3 is 14.8 Å². The first-order valence-corrected chi connectivity index (χ1v) is 6.84. The van der Waals surface area contributed by atoms with Gasteiger partial charge in [-0.1, -0.05) is 13.8 Å². The molecule has 0 fully saturated rings. The molecule has 0 heterocycles. The van der Waals surface area contributed by atoms with E-state index >= 15 is 0 Å². The van der Waals surface area contributed by atoms with E-state index in [0.717, 1.165) is 12.2 Å². The summed E-state index contributed by atoms with van der Waals surface area (Å²) in [7, 11) is 1.22. The van der Waals surface area contributed by atoms with Crippen molar-refractivity contribution in [3.63, 3.8) is 0 Å². The van der Waals surface area contributed by atoms with Gasteiger partial charge in [-0.15, -0.1) is 0 Å². The molecule has 0 aromatic carbocycles. The van der Waals surface area contributed by atoms with E-state index in [-0.39, 0.29) is 11.7 Å². The Morgan fingerprint density at radius 2 is 1.71 bits per heavy atom. The number of ether oxygens (including phenoxy) is 2. The van der Waals surface area contributed by atoms with Gasteiger partial charge in [0.15, 0.2) is 5.78 Å². The van der Waals surface area contributed by atoms with E-state index in [0.29, 0.717) is 6.42 Å². The van der Waals surface area contributed by atoms with Crippen molar-refractivity contribution in [2.45, 2.75) is 52.7 Å². The summed E-state index contributed by atoms with van der Waals surface area (Å²) in [6.07, 6.45) is 1.93. The third-order valence-electron chi connectivity index (χ3n) is 2.33. The minimum absolute atomic E-state index is 0.195. The van der Waals surface area contributed by atoms with Gasteiger partial charge in [0.05, 0.1) is 13.2 Å². The molecule has 0 saturated carbocycles. The summed E-state index contributed by atoms with van der Waals surface area (Å²) >= 11 is 0. The van der Waals surface area contributed by atoms with E-state index < -0.39 is 23.7 Å². The van der Waals surface area contributed by atoms with E-state index in [9.17, 15) is 14.4 Å². The number of alkyl carbamates (subject to hydrolysis) is 1. The fourth-order valence-electron chi connectivity index (χ4n) is 1.50. The maximum Gasteiger partial charge on any atom is 0.408 e. The Balaban J connectivity index is 4.79. The number of carbonyl (C=O) groups is 3.